The lowest BCUT2D eigenvalue weighted by molar-refractivity contribution is -0.167. The van der Waals surface area contributed by atoms with Crippen LogP contribution in [0.3, 0.4) is 0 Å². The van der Waals surface area contributed by atoms with Crippen LogP contribution in [0.1, 0.15) is 284 Å². The molecule has 0 unspecified atom stereocenters. The molecule has 0 saturated carbocycles. The van der Waals surface area contributed by atoms with Gasteiger partial charge in [-0.15, -0.1) is 0 Å². The Bertz CT molecular complexity index is 1200. The second kappa shape index (κ2) is 54.7. The summed E-state index contributed by atoms with van der Waals surface area (Å²) >= 11 is 0. The number of rotatable bonds is 51. The van der Waals surface area contributed by atoms with Gasteiger partial charge in [0.2, 0.25) is 0 Å². The van der Waals surface area contributed by atoms with E-state index in [4.69, 9.17) is 14.2 Å². The fourth-order valence-corrected chi connectivity index (χ4v) is 7.96. The van der Waals surface area contributed by atoms with Crippen molar-refractivity contribution >= 4 is 17.9 Å². The number of hydrogen-bond donors (Lipinski definition) is 0. The van der Waals surface area contributed by atoms with Crippen molar-refractivity contribution in [2.24, 2.45) is 0 Å². The highest BCUT2D eigenvalue weighted by atomic mass is 16.6. The largest absolute Gasteiger partial charge is 0.462 e. The standard InChI is InChI=1S/C60H106O6/c1-4-7-10-13-16-19-22-25-28-30-32-35-38-41-44-47-50-53-59(62)65-56-57(55-64-58(61)52-49-46-43-40-37-34-27-24-21-18-15-12-9-6-3)66-60(63)54-51-48-45-42-39-36-33-31-29-26-23-20-17-14-11-8-5-2/h16,19,25-26,28-29,32,35,41,44,57H,4-15,17-18,20-24,27,30-31,33-34,36-40,42-43,45-56H2,1-3H3/b19-16+,28-25+,29-26+,35-32+,44-41+/t57-/m1/s1. The monoisotopic (exact) mass is 923 g/mol. The van der Waals surface area contributed by atoms with Gasteiger partial charge in [0.15, 0.2) is 6.10 Å². The molecule has 0 aliphatic carbocycles. The molecular weight excluding hydrogens is 817 g/mol. The van der Waals surface area contributed by atoms with Crippen LogP contribution < -0.4 is 0 Å². The number of carbonyl (C=O) groups excluding carboxylic acids is 3. The van der Waals surface area contributed by atoms with E-state index in [1.807, 2.05) is 0 Å². The van der Waals surface area contributed by atoms with E-state index in [2.05, 4.69) is 81.5 Å². The van der Waals surface area contributed by atoms with Crippen molar-refractivity contribution in [1.82, 2.24) is 0 Å². The first-order valence-corrected chi connectivity index (χ1v) is 28.3. The predicted molar refractivity (Wildman–Crippen MR) is 284 cm³/mol. The lowest BCUT2D eigenvalue weighted by atomic mass is 10.0. The SMILES string of the molecule is CCCCC/C=C/C/C=C/C/C=C/C/C=C/CCCC(=O)OC[C@@H](COC(=O)CCCCCCCCCCCCCCCC)OC(=O)CCCCCCCCC/C=C/CCCCCCCC. The van der Waals surface area contributed by atoms with Crippen LogP contribution in [0.5, 0.6) is 0 Å². The molecule has 6 heteroatoms. The highest BCUT2D eigenvalue weighted by Gasteiger charge is 2.19. The number of carbonyl (C=O) groups is 3. The zero-order valence-electron chi connectivity index (χ0n) is 43.7. The molecule has 0 aromatic rings. The zero-order valence-corrected chi connectivity index (χ0v) is 43.7. The first kappa shape index (κ1) is 63.1. The minimum atomic E-state index is -0.796. The summed E-state index contributed by atoms with van der Waals surface area (Å²) in [5, 5.41) is 0. The zero-order chi connectivity index (χ0) is 47.9. The molecule has 0 fully saturated rings. The molecule has 0 heterocycles. The van der Waals surface area contributed by atoms with Gasteiger partial charge in [-0.1, -0.05) is 242 Å². The molecule has 382 valence electrons. The molecule has 0 aromatic heterocycles. The van der Waals surface area contributed by atoms with Gasteiger partial charge in [-0.2, -0.15) is 0 Å². The van der Waals surface area contributed by atoms with Gasteiger partial charge in [0, 0.05) is 19.3 Å². The van der Waals surface area contributed by atoms with Gasteiger partial charge in [-0.3, -0.25) is 14.4 Å². The molecule has 0 bridgehead atoms. The van der Waals surface area contributed by atoms with E-state index in [9.17, 15) is 14.4 Å². The highest BCUT2D eigenvalue weighted by molar-refractivity contribution is 5.71. The summed E-state index contributed by atoms with van der Waals surface area (Å²) < 4.78 is 16.8. The summed E-state index contributed by atoms with van der Waals surface area (Å²) in [5.41, 5.74) is 0. The molecule has 1 atom stereocenters. The Balaban J connectivity index is 4.45. The summed E-state index contributed by atoms with van der Waals surface area (Å²) in [7, 11) is 0. The maximum absolute atomic E-state index is 12.8. The maximum atomic E-state index is 12.8. The molecule has 0 saturated heterocycles. The van der Waals surface area contributed by atoms with Crippen LogP contribution in [0.4, 0.5) is 0 Å². The first-order valence-electron chi connectivity index (χ1n) is 28.3. The van der Waals surface area contributed by atoms with Crippen LogP contribution in [0, 0.1) is 0 Å². The van der Waals surface area contributed by atoms with Gasteiger partial charge in [0.1, 0.15) is 13.2 Å². The number of esters is 3. The lowest BCUT2D eigenvalue weighted by Gasteiger charge is -2.18. The summed E-state index contributed by atoms with van der Waals surface area (Å²) in [6.45, 7) is 6.58. The third kappa shape index (κ3) is 52.1. The molecule has 0 spiro atoms. The number of ether oxygens (including phenoxy) is 3. The minimum absolute atomic E-state index is 0.0904. The van der Waals surface area contributed by atoms with Crippen molar-refractivity contribution in [1.29, 1.82) is 0 Å². The van der Waals surface area contributed by atoms with E-state index in [1.54, 1.807) is 0 Å². The van der Waals surface area contributed by atoms with Crippen molar-refractivity contribution in [3.05, 3.63) is 60.8 Å². The average Bonchev–Trinajstić information content (AvgIpc) is 3.31. The summed E-state index contributed by atoms with van der Waals surface area (Å²) in [6.07, 6.45) is 67.8. The van der Waals surface area contributed by atoms with Crippen LogP contribution in [-0.2, 0) is 28.6 Å². The smallest absolute Gasteiger partial charge is 0.306 e. The van der Waals surface area contributed by atoms with Gasteiger partial charge in [0.05, 0.1) is 0 Å². The normalized spacial score (nSPS) is 12.5. The van der Waals surface area contributed by atoms with E-state index in [1.165, 1.54) is 173 Å². The van der Waals surface area contributed by atoms with Gasteiger partial charge in [0.25, 0.3) is 0 Å². The van der Waals surface area contributed by atoms with E-state index >= 15 is 0 Å². The second-order valence-corrected chi connectivity index (χ2v) is 18.8. The Morgan fingerprint density at radius 1 is 0.303 bits per heavy atom. The Kier molecular flexibility index (Phi) is 52.3. The molecule has 0 aliphatic rings. The van der Waals surface area contributed by atoms with Crippen LogP contribution in [-0.4, -0.2) is 37.2 Å². The molecule has 0 aliphatic heterocycles. The van der Waals surface area contributed by atoms with Gasteiger partial charge in [-0.25, -0.2) is 0 Å². The molecule has 66 heavy (non-hydrogen) atoms. The second-order valence-electron chi connectivity index (χ2n) is 18.8. The van der Waals surface area contributed by atoms with Crippen molar-refractivity contribution < 1.29 is 28.6 Å². The van der Waals surface area contributed by atoms with E-state index in [0.717, 1.165) is 64.2 Å². The number of hydrogen-bond acceptors (Lipinski definition) is 6. The highest BCUT2D eigenvalue weighted by Crippen LogP contribution is 2.15. The van der Waals surface area contributed by atoms with Crippen LogP contribution in [0.25, 0.3) is 0 Å². The van der Waals surface area contributed by atoms with Crippen molar-refractivity contribution in [2.75, 3.05) is 13.2 Å². The molecule has 0 aromatic carbocycles. The molecule has 0 amide bonds. The fraction of sp³-hybridized carbons (Fsp3) is 0.783. The van der Waals surface area contributed by atoms with Crippen LogP contribution in [0.2, 0.25) is 0 Å². The van der Waals surface area contributed by atoms with E-state index < -0.39 is 6.10 Å². The molecule has 0 radical (unpaired) electrons. The lowest BCUT2D eigenvalue weighted by Crippen LogP contribution is -2.30. The third-order valence-corrected chi connectivity index (χ3v) is 12.2. The Morgan fingerprint density at radius 3 is 0.955 bits per heavy atom. The van der Waals surface area contributed by atoms with Crippen molar-refractivity contribution in [3.63, 3.8) is 0 Å². The molecule has 0 rings (SSSR count). The quantitative estimate of drug-likeness (QED) is 0.0262. The van der Waals surface area contributed by atoms with Crippen LogP contribution in [0.15, 0.2) is 60.8 Å². The van der Waals surface area contributed by atoms with Gasteiger partial charge < -0.3 is 14.2 Å². The summed E-state index contributed by atoms with van der Waals surface area (Å²) in [5.74, 6) is -0.943. The van der Waals surface area contributed by atoms with Gasteiger partial charge in [-0.05, 0) is 83.5 Å². The maximum Gasteiger partial charge on any atom is 0.306 e. The molecule has 0 N–H and O–H groups in total. The van der Waals surface area contributed by atoms with Crippen LogP contribution >= 0.6 is 0 Å². The summed E-state index contributed by atoms with van der Waals surface area (Å²) in [4.78, 5) is 38.1. The first-order chi connectivity index (χ1) is 32.5. The third-order valence-electron chi connectivity index (χ3n) is 12.2. The molecule has 6 nitrogen and oxygen atoms in total. The Hall–Kier alpha value is -2.89. The van der Waals surface area contributed by atoms with E-state index in [-0.39, 0.29) is 37.5 Å². The van der Waals surface area contributed by atoms with Crippen molar-refractivity contribution in [2.45, 2.75) is 290 Å². The minimum Gasteiger partial charge on any atom is -0.462 e. The Labute approximate surface area is 409 Å². The predicted octanol–water partition coefficient (Wildman–Crippen LogP) is 18.8. The average molecular weight is 924 g/mol. The molecular formula is C60H106O6. The Morgan fingerprint density at radius 2 is 0.561 bits per heavy atom. The summed E-state index contributed by atoms with van der Waals surface area (Å²) in [6, 6.07) is 0. The van der Waals surface area contributed by atoms with Crippen molar-refractivity contribution in [3.8, 4) is 0 Å². The number of unbranched alkanes of at least 4 members (excludes halogenated alkanes) is 30. The fourth-order valence-electron chi connectivity index (χ4n) is 7.96. The van der Waals surface area contributed by atoms with Gasteiger partial charge >= 0.3 is 17.9 Å². The van der Waals surface area contributed by atoms with E-state index in [0.29, 0.717) is 19.3 Å². The topological polar surface area (TPSA) is 78.9 Å². The number of allylic oxidation sites excluding steroid dienone is 10.